The number of hydrogen-bond acceptors (Lipinski definition) is 3. The third-order valence-electron chi connectivity index (χ3n) is 2.24. The molecule has 0 saturated heterocycles. The van der Waals surface area contributed by atoms with Crippen LogP contribution in [0.25, 0.3) is 0 Å². The summed E-state index contributed by atoms with van der Waals surface area (Å²) >= 11 is 1.40. The Labute approximate surface area is 98.2 Å². The van der Waals surface area contributed by atoms with E-state index >= 15 is 0 Å². The first-order valence-corrected chi connectivity index (χ1v) is 5.78. The molecule has 0 aliphatic carbocycles. The normalized spacial score (nSPS) is 10.1. The lowest BCUT2D eigenvalue weighted by Gasteiger charge is -2.05. The predicted octanol–water partition coefficient (Wildman–Crippen LogP) is 3.01. The molecule has 1 aromatic heterocycles. The fraction of sp³-hybridized carbons (Fsp3) is 0.167. The van der Waals surface area contributed by atoms with Crippen LogP contribution in [-0.4, -0.2) is 10.9 Å². The second-order valence-electron chi connectivity index (χ2n) is 3.51. The number of nitrogens with one attached hydrogen (secondary N) is 1. The van der Waals surface area contributed by atoms with E-state index in [1.165, 1.54) is 11.3 Å². The van der Waals surface area contributed by atoms with E-state index in [2.05, 4.69) is 10.3 Å². The van der Waals surface area contributed by atoms with Crippen LogP contribution in [0.3, 0.4) is 0 Å². The molecule has 82 valence electrons. The van der Waals surface area contributed by atoms with Gasteiger partial charge in [0, 0.05) is 5.69 Å². The zero-order valence-corrected chi connectivity index (χ0v) is 9.97. The molecule has 0 unspecified atom stereocenters. The lowest BCUT2D eigenvalue weighted by Crippen LogP contribution is -2.10. The Hall–Kier alpha value is -1.68. The minimum Gasteiger partial charge on any atom is -0.321 e. The summed E-state index contributed by atoms with van der Waals surface area (Å²) in [5.41, 5.74) is 1.90. The van der Waals surface area contributed by atoms with Gasteiger partial charge in [0.2, 0.25) is 0 Å². The molecule has 2 aromatic rings. The van der Waals surface area contributed by atoms with Crippen molar-refractivity contribution in [2.75, 3.05) is 5.32 Å². The first kappa shape index (κ1) is 10.8. The molecule has 1 aromatic carbocycles. The maximum atomic E-state index is 11.8. The molecule has 0 atom stereocenters. The molecule has 3 nitrogen and oxygen atoms in total. The second kappa shape index (κ2) is 4.45. The summed E-state index contributed by atoms with van der Waals surface area (Å²) in [6.07, 6.45) is 1.60. The molecular weight excluding hydrogens is 220 g/mol. The maximum Gasteiger partial charge on any atom is 0.267 e. The quantitative estimate of drug-likeness (QED) is 0.864. The van der Waals surface area contributed by atoms with Gasteiger partial charge < -0.3 is 5.32 Å². The zero-order valence-electron chi connectivity index (χ0n) is 9.15. The van der Waals surface area contributed by atoms with E-state index in [4.69, 9.17) is 0 Å². The van der Waals surface area contributed by atoms with Crippen molar-refractivity contribution < 1.29 is 4.79 Å². The molecule has 2 rings (SSSR count). The number of thiazole rings is 1. The Kier molecular flexibility index (Phi) is 3.01. The average Bonchev–Trinajstić information content (AvgIpc) is 2.68. The minimum absolute atomic E-state index is 0.0973. The standard InChI is InChI=1S/C12H12N2OS/c1-8-5-3-4-6-10(8)14-12(15)11-7-13-9(2)16-11/h3-7H,1-2H3,(H,14,15). The number of rotatable bonds is 2. The SMILES string of the molecule is Cc1ncc(C(=O)Nc2ccccc2C)s1. The number of aromatic nitrogens is 1. The lowest BCUT2D eigenvalue weighted by atomic mass is 10.2. The van der Waals surface area contributed by atoms with Gasteiger partial charge in [-0.05, 0) is 25.5 Å². The van der Waals surface area contributed by atoms with Gasteiger partial charge >= 0.3 is 0 Å². The maximum absolute atomic E-state index is 11.8. The van der Waals surface area contributed by atoms with E-state index in [1.807, 2.05) is 38.1 Å². The van der Waals surface area contributed by atoms with Crippen LogP contribution in [0.4, 0.5) is 5.69 Å². The Morgan fingerprint density at radius 1 is 1.31 bits per heavy atom. The van der Waals surface area contributed by atoms with Crippen molar-refractivity contribution in [3.8, 4) is 0 Å². The smallest absolute Gasteiger partial charge is 0.267 e. The number of benzene rings is 1. The molecule has 0 aliphatic heterocycles. The van der Waals surface area contributed by atoms with Crippen molar-refractivity contribution in [1.29, 1.82) is 0 Å². The van der Waals surface area contributed by atoms with Gasteiger partial charge in [-0.25, -0.2) is 4.98 Å². The van der Waals surface area contributed by atoms with Crippen LogP contribution in [0.1, 0.15) is 20.2 Å². The van der Waals surface area contributed by atoms with Gasteiger partial charge in [0.25, 0.3) is 5.91 Å². The van der Waals surface area contributed by atoms with Crippen LogP contribution in [0.2, 0.25) is 0 Å². The van der Waals surface area contributed by atoms with Crippen molar-refractivity contribution in [2.45, 2.75) is 13.8 Å². The predicted molar refractivity (Wildman–Crippen MR) is 66.0 cm³/mol. The van der Waals surface area contributed by atoms with Gasteiger partial charge in [-0.3, -0.25) is 4.79 Å². The highest BCUT2D eigenvalue weighted by Gasteiger charge is 2.09. The minimum atomic E-state index is -0.0973. The van der Waals surface area contributed by atoms with Gasteiger partial charge in [0.15, 0.2) is 0 Å². The molecule has 4 heteroatoms. The van der Waals surface area contributed by atoms with E-state index in [-0.39, 0.29) is 5.91 Å². The topological polar surface area (TPSA) is 42.0 Å². The Balaban J connectivity index is 2.17. The fourth-order valence-electron chi connectivity index (χ4n) is 1.36. The number of amides is 1. The van der Waals surface area contributed by atoms with E-state index < -0.39 is 0 Å². The van der Waals surface area contributed by atoms with Crippen LogP contribution < -0.4 is 5.32 Å². The first-order valence-electron chi connectivity index (χ1n) is 4.96. The van der Waals surface area contributed by atoms with Crippen LogP contribution in [0.5, 0.6) is 0 Å². The molecule has 1 amide bonds. The number of hydrogen-bond donors (Lipinski definition) is 1. The summed E-state index contributed by atoms with van der Waals surface area (Å²) in [5.74, 6) is -0.0973. The summed E-state index contributed by atoms with van der Waals surface area (Å²) < 4.78 is 0. The van der Waals surface area contributed by atoms with Gasteiger partial charge in [0.05, 0.1) is 11.2 Å². The van der Waals surface area contributed by atoms with Crippen LogP contribution in [0, 0.1) is 13.8 Å². The number of nitrogens with zero attached hydrogens (tertiary/aromatic N) is 1. The van der Waals surface area contributed by atoms with Gasteiger partial charge in [-0.2, -0.15) is 0 Å². The highest BCUT2D eigenvalue weighted by atomic mass is 32.1. The monoisotopic (exact) mass is 232 g/mol. The Morgan fingerprint density at radius 2 is 2.06 bits per heavy atom. The molecular formula is C12H12N2OS. The van der Waals surface area contributed by atoms with E-state index in [0.29, 0.717) is 4.88 Å². The molecule has 1 N–H and O–H groups in total. The lowest BCUT2D eigenvalue weighted by molar-refractivity contribution is 0.103. The summed E-state index contributed by atoms with van der Waals surface area (Å²) in [6, 6.07) is 7.71. The molecule has 16 heavy (non-hydrogen) atoms. The number of carbonyl (C=O) groups excluding carboxylic acids is 1. The van der Waals surface area contributed by atoms with Gasteiger partial charge in [-0.15, -0.1) is 11.3 Å². The highest BCUT2D eigenvalue weighted by molar-refractivity contribution is 7.13. The summed E-state index contributed by atoms with van der Waals surface area (Å²) in [6.45, 7) is 3.85. The van der Waals surface area contributed by atoms with E-state index in [0.717, 1.165) is 16.3 Å². The molecule has 0 aliphatic rings. The zero-order chi connectivity index (χ0) is 11.5. The van der Waals surface area contributed by atoms with Crippen molar-refractivity contribution in [3.63, 3.8) is 0 Å². The largest absolute Gasteiger partial charge is 0.321 e. The van der Waals surface area contributed by atoms with Gasteiger partial charge in [-0.1, -0.05) is 18.2 Å². The molecule has 0 spiro atoms. The number of para-hydroxylation sites is 1. The second-order valence-corrected chi connectivity index (χ2v) is 4.75. The average molecular weight is 232 g/mol. The van der Waals surface area contributed by atoms with E-state index in [1.54, 1.807) is 6.20 Å². The number of anilines is 1. The molecule has 0 fully saturated rings. The molecule has 0 radical (unpaired) electrons. The highest BCUT2D eigenvalue weighted by Crippen LogP contribution is 2.17. The fourth-order valence-corrected chi connectivity index (χ4v) is 2.04. The number of aryl methyl sites for hydroxylation is 2. The third-order valence-corrected chi connectivity index (χ3v) is 3.15. The van der Waals surface area contributed by atoms with Crippen LogP contribution in [-0.2, 0) is 0 Å². The first-order chi connectivity index (χ1) is 7.66. The molecule has 0 saturated carbocycles. The van der Waals surface area contributed by atoms with Crippen molar-refractivity contribution in [1.82, 2.24) is 4.98 Å². The Bertz CT molecular complexity index is 519. The van der Waals surface area contributed by atoms with Crippen LogP contribution >= 0.6 is 11.3 Å². The molecule has 0 bridgehead atoms. The number of carbonyl (C=O) groups is 1. The summed E-state index contributed by atoms with van der Waals surface area (Å²) in [5, 5.41) is 3.77. The van der Waals surface area contributed by atoms with E-state index in [9.17, 15) is 4.79 Å². The van der Waals surface area contributed by atoms with Crippen LogP contribution in [0.15, 0.2) is 30.5 Å². The summed E-state index contributed by atoms with van der Waals surface area (Å²) in [7, 11) is 0. The molecule has 1 heterocycles. The Morgan fingerprint density at radius 3 is 2.69 bits per heavy atom. The van der Waals surface area contributed by atoms with Crippen molar-refractivity contribution >= 4 is 22.9 Å². The third kappa shape index (κ3) is 2.28. The van der Waals surface area contributed by atoms with Crippen molar-refractivity contribution in [3.05, 3.63) is 45.9 Å². The summed E-state index contributed by atoms with van der Waals surface area (Å²) in [4.78, 5) is 16.5. The van der Waals surface area contributed by atoms with Gasteiger partial charge in [0.1, 0.15) is 4.88 Å². The van der Waals surface area contributed by atoms with Crippen molar-refractivity contribution in [2.24, 2.45) is 0 Å².